The predicted octanol–water partition coefficient (Wildman–Crippen LogP) is 1.65. The molecule has 0 aliphatic heterocycles. The molecule has 0 saturated heterocycles. The molecule has 1 aromatic heterocycles. The van der Waals surface area contributed by atoms with Crippen LogP contribution < -0.4 is 0 Å². The standard InChI is InChI=1S/C11H9NO3S/c13-16(14,15)11-5-3-9(4-6-11)10-2-1-7-12-8-10/h1-8H,(H,13,14,15)/p-1. The van der Waals surface area contributed by atoms with E-state index in [9.17, 15) is 13.0 Å². The van der Waals surface area contributed by atoms with Gasteiger partial charge in [-0.15, -0.1) is 0 Å². The highest BCUT2D eigenvalue weighted by Crippen LogP contribution is 2.19. The van der Waals surface area contributed by atoms with E-state index in [1.165, 1.54) is 12.1 Å². The van der Waals surface area contributed by atoms with E-state index < -0.39 is 10.1 Å². The van der Waals surface area contributed by atoms with E-state index in [0.717, 1.165) is 11.1 Å². The first kappa shape index (κ1) is 10.8. The highest BCUT2D eigenvalue weighted by molar-refractivity contribution is 7.85. The molecule has 0 radical (unpaired) electrons. The maximum Gasteiger partial charge on any atom is 0.124 e. The number of nitrogens with zero attached hydrogens (tertiary/aromatic N) is 1. The zero-order valence-electron chi connectivity index (χ0n) is 8.20. The summed E-state index contributed by atoms with van der Waals surface area (Å²) in [4.78, 5) is 3.73. The lowest BCUT2D eigenvalue weighted by molar-refractivity contribution is 0.463. The third-order valence-corrected chi connectivity index (χ3v) is 2.99. The average Bonchev–Trinajstić information content (AvgIpc) is 2.29. The summed E-state index contributed by atoms with van der Waals surface area (Å²) in [5.41, 5.74) is 1.69. The van der Waals surface area contributed by atoms with Crippen LogP contribution in [0.1, 0.15) is 0 Å². The summed E-state index contributed by atoms with van der Waals surface area (Å²) in [6.45, 7) is 0. The second-order valence-electron chi connectivity index (χ2n) is 3.22. The van der Waals surface area contributed by atoms with Crippen molar-refractivity contribution in [2.24, 2.45) is 0 Å². The maximum atomic E-state index is 10.7. The molecule has 0 spiro atoms. The molecule has 0 saturated carbocycles. The largest absolute Gasteiger partial charge is 0.744 e. The number of rotatable bonds is 2. The minimum atomic E-state index is -4.37. The van der Waals surface area contributed by atoms with Gasteiger partial charge < -0.3 is 4.55 Å². The second kappa shape index (κ2) is 4.03. The van der Waals surface area contributed by atoms with Crippen LogP contribution in [0.25, 0.3) is 11.1 Å². The molecule has 1 heterocycles. The number of pyridine rings is 1. The van der Waals surface area contributed by atoms with Gasteiger partial charge in [-0.05, 0) is 29.3 Å². The fraction of sp³-hybridized carbons (Fsp3) is 0. The van der Waals surface area contributed by atoms with E-state index in [1.807, 2.05) is 6.07 Å². The summed E-state index contributed by atoms with van der Waals surface area (Å²) >= 11 is 0. The SMILES string of the molecule is O=S(=O)([O-])c1ccc(-c2cccnc2)cc1. The Morgan fingerprint density at radius 2 is 1.69 bits per heavy atom. The van der Waals surface area contributed by atoms with E-state index in [4.69, 9.17) is 0 Å². The predicted molar refractivity (Wildman–Crippen MR) is 57.6 cm³/mol. The smallest absolute Gasteiger partial charge is 0.124 e. The van der Waals surface area contributed by atoms with Crippen molar-refractivity contribution in [1.82, 2.24) is 4.98 Å². The minimum absolute atomic E-state index is 0.222. The molecule has 1 aromatic carbocycles. The van der Waals surface area contributed by atoms with Crippen LogP contribution in [0.5, 0.6) is 0 Å². The number of aromatic nitrogens is 1. The van der Waals surface area contributed by atoms with E-state index in [2.05, 4.69) is 4.98 Å². The zero-order chi connectivity index (χ0) is 11.6. The van der Waals surface area contributed by atoms with Gasteiger partial charge in [-0.1, -0.05) is 18.2 Å². The van der Waals surface area contributed by atoms with Crippen molar-refractivity contribution in [3.63, 3.8) is 0 Å². The topological polar surface area (TPSA) is 70.1 Å². The number of hydrogen-bond donors (Lipinski definition) is 0. The lowest BCUT2D eigenvalue weighted by Crippen LogP contribution is -1.97. The number of benzene rings is 1. The lowest BCUT2D eigenvalue weighted by atomic mass is 10.1. The molecule has 82 valence electrons. The third-order valence-electron chi connectivity index (χ3n) is 2.14. The quantitative estimate of drug-likeness (QED) is 0.741. The van der Waals surface area contributed by atoms with Crippen molar-refractivity contribution >= 4 is 10.1 Å². The summed E-state index contributed by atoms with van der Waals surface area (Å²) in [6, 6.07) is 9.40. The minimum Gasteiger partial charge on any atom is -0.744 e. The van der Waals surface area contributed by atoms with Gasteiger partial charge in [0.05, 0.1) is 4.90 Å². The Hall–Kier alpha value is -1.72. The van der Waals surface area contributed by atoms with Gasteiger partial charge in [0.15, 0.2) is 0 Å². The Labute approximate surface area is 93.3 Å². The van der Waals surface area contributed by atoms with Crippen LogP contribution in [0.3, 0.4) is 0 Å². The number of hydrogen-bond acceptors (Lipinski definition) is 4. The Balaban J connectivity index is 2.41. The first-order chi connectivity index (χ1) is 7.57. The Morgan fingerprint density at radius 3 is 2.19 bits per heavy atom. The van der Waals surface area contributed by atoms with Gasteiger partial charge in [0.1, 0.15) is 10.1 Å². The molecule has 16 heavy (non-hydrogen) atoms. The van der Waals surface area contributed by atoms with Gasteiger partial charge in [0, 0.05) is 12.4 Å². The molecule has 2 aromatic rings. The van der Waals surface area contributed by atoms with E-state index in [1.54, 1.807) is 30.6 Å². The van der Waals surface area contributed by atoms with Crippen molar-refractivity contribution in [3.8, 4) is 11.1 Å². The van der Waals surface area contributed by atoms with Gasteiger partial charge in [-0.3, -0.25) is 4.98 Å². The van der Waals surface area contributed by atoms with Crippen LogP contribution in [0, 0.1) is 0 Å². The molecule has 0 amide bonds. The molecular weight excluding hydrogens is 226 g/mol. The molecule has 0 aliphatic carbocycles. The molecule has 0 bridgehead atoms. The maximum absolute atomic E-state index is 10.7. The van der Waals surface area contributed by atoms with E-state index in [-0.39, 0.29) is 4.90 Å². The Kier molecular flexibility index (Phi) is 2.72. The van der Waals surface area contributed by atoms with Crippen molar-refractivity contribution in [3.05, 3.63) is 48.8 Å². The van der Waals surface area contributed by atoms with Crippen molar-refractivity contribution < 1.29 is 13.0 Å². The molecule has 4 nitrogen and oxygen atoms in total. The monoisotopic (exact) mass is 234 g/mol. The molecule has 5 heteroatoms. The van der Waals surface area contributed by atoms with Crippen LogP contribution in [-0.4, -0.2) is 18.0 Å². The van der Waals surface area contributed by atoms with Crippen molar-refractivity contribution in [2.45, 2.75) is 4.90 Å². The fourth-order valence-corrected chi connectivity index (χ4v) is 1.82. The van der Waals surface area contributed by atoms with Crippen LogP contribution in [-0.2, 0) is 10.1 Å². The molecular formula is C11H8NO3S-. The van der Waals surface area contributed by atoms with E-state index >= 15 is 0 Å². The van der Waals surface area contributed by atoms with Crippen molar-refractivity contribution in [1.29, 1.82) is 0 Å². The zero-order valence-corrected chi connectivity index (χ0v) is 9.02. The highest BCUT2D eigenvalue weighted by Gasteiger charge is 2.01. The fourth-order valence-electron chi connectivity index (χ4n) is 1.35. The summed E-state index contributed by atoms with van der Waals surface area (Å²) in [5, 5.41) is 0. The lowest BCUT2D eigenvalue weighted by Gasteiger charge is -2.07. The summed E-state index contributed by atoms with van der Waals surface area (Å²) in [7, 11) is -4.37. The third kappa shape index (κ3) is 2.26. The molecule has 0 fully saturated rings. The molecule has 0 aliphatic rings. The molecule has 0 N–H and O–H groups in total. The molecule has 0 atom stereocenters. The van der Waals surface area contributed by atoms with Crippen LogP contribution in [0.2, 0.25) is 0 Å². The normalized spacial score (nSPS) is 11.3. The molecule has 2 rings (SSSR count). The first-order valence-electron chi connectivity index (χ1n) is 4.54. The Morgan fingerprint density at radius 1 is 1.00 bits per heavy atom. The summed E-state index contributed by atoms with van der Waals surface area (Å²) in [6.07, 6.45) is 3.32. The molecule has 0 unspecified atom stereocenters. The van der Waals surface area contributed by atoms with Gasteiger partial charge in [0.25, 0.3) is 0 Å². The van der Waals surface area contributed by atoms with Crippen LogP contribution in [0.15, 0.2) is 53.7 Å². The van der Waals surface area contributed by atoms with Crippen molar-refractivity contribution in [2.75, 3.05) is 0 Å². The average molecular weight is 234 g/mol. The van der Waals surface area contributed by atoms with E-state index in [0.29, 0.717) is 0 Å². The second-order valence-corrected chi connectivity index (χ2v) is 4.60. The van der Waals surface area contributed by atoms with Gasteiger partial charge in [-0.2, -0.15) is 0 Å². The van der Waals surface area contributed by atoms with Gasteiger partial charge >= 0.3 is 0 Å². The first-order valence-corrected chi connectivity index (χ1v) is 5.94. The van der Waals surface area contributed by atoms with Gasteiger partial charge in [0.2, 0.25) is 0 Å². The van der Waals surface area contributed by atoms with Gasteiger partial charge in [-0.25, -0.2) is 8.42 Å². The Bertz CT molecular complexity index is 576. The highest BCUT2D eigenvalue weighted by atomic mass is 32.2. The summed E-state index contributed by atoms with van der Waals surface area (Å²) < 4.78 is 32.1. The van der Waals surface area contributed by atoms with Crippen LogP contribution in [0.4, 0.5) is 0 Å². The van der Waals surface area contributed by atoms with Crippen LogP contribution >= 0.6 is 0 Å². The summed E-state index contributed by atoms with van der Waals surface area (Å²) in [5.74, 6) is 0.